The van der Waals surface area contributed by atoms with Gasteiger partial charge in [0.25, 0.3) is 5.91 Å². The Bertz CT molecular complexity index is 410. The molecule has 0 fully saturated rings. The van der Waals surface area contributed by atoms with Crippen molar-refractivity contribution >= 4 is 5.91 Å². The molecule has 1 aromatic rings. The summed E-state index contributed by atoms with van der Waals surface area (Å²) in [6, 6.07) is 1.79. The fraction of sp³-hybridized carbons (Fsp3) is 0.692. The Kier molecular flexibility index (Phi) is 4.90. The first-order valence-corrected chi connectivity index (χ1v) is 6.33. The Balaban J connectivity index is 2.65. The third-order valence-electron chi connectivity index (χ3n) is 2.95. The van der Waals surface area contributed by atoms with Crippen molar-refractivity contribution in [2.75, 3.05) is 13.2 Å². The average Bonchev–Trinajstić information content (AvgIpc) is 2.67. The summed E-state index contributed by atoms with van der Waals surface area (Å²) in [5.41, 5.74) is 1.34. The van der Waals surface area contributed by atoms with Crippen molar-refractivity contribution in [1.82, 2.24) is 15.1 Å². The van der Waals surface area contributed by atoms with Crippen molar-refractivity contribution in [2.45, 2.75) is 40.7 Å². The van der Waals surface area contributed by atoms with Crippen LogP contribution in [-0.4, -0.2) is 33.9 Å². The maximum Gasteiger partial charge on any atom is 0.269 e. The number of carbonyl (C=O) groups is 1. The Morgan fingerprint density at radius 3 is 2.78 bits per heavy atom. The quantitative estimate of drug-likeness (QED) is 0.804. The van der Waals surface area contributed by atoms with Gasteiger partial charge in [-0.15, -0.1) is 0 Å². The molecule has 0 radical (unpaired) electrons. The Hall–Kier alpha value is -1.36. The predicted molar refractivity (Wildman–Crippen MR) is 70.5 cm³/mol. The fourth-order valence-electron chi connectivity index (χ4n) is 1.77. The number of aliphatic hydroxyl groups excluding tert-OH is 1. The van der Waals surface area contributed by atoms with Gasteiger partial charge < -0.3 is 10.4 Å². The molecule has 5 nitrogen and oxygen atoms in total. The van der Waals surface area contributed by atoms with Gasteiger partial charge in [-0.3, -0.25) is 9.48 Å². The van der Waals surface area contributed by atoms with Crippen LogP contribution in [0.2, 0.25) is 0 Å². The summed E-state index contributed by atoms with van der Waals surface area (Å²) in [5.74, 6) is -0.108. The lowest BCUT2D eigenvalue weighted by Crippen LogP contribution is -2.35. The molecule has 0 aromatic carbocycles. The van der Waals surface area contributed by atoms with E-state index >= 15 is 0 Å². The Morgan fingerprint density at radius 1 is 1.56 bits per heavy atom. The molecule has 0 spiro atoms. The van der Waals surface area contributed by atoms with E-state index in [1.807, 2.05) is 27.7 Å². The number of amides is 1. The van der Waals surface area contributed by atoms with Crippen LogP contribution in [-0.2, 0) is 6.54 Å². The van der Waals surface area contributed by atoms with Crippen LogP contribution < -0.4 is 5.32 Å². The topological polar surface area (TPSA) is 67.2 Å². The molecule has 1 heterocycles. The van der Waals surface area contributed by atoms with E-state index < -0.39 is 0 Å². The van der Waals surface area contributed by atoms with Crippen LogP contribution in [0.1, 0.15) is 43.4 Å². The van der Waals surface area contributed by atoms with Crippen LogP contribution in [0.15, 0.2) is 6.07 Å². The third-order valence-corrected chi connectivity index (χ3v) is 2.95. The molecule has 0 saturated carbocycles. The highest BCUT2D eigenvalue weighted by molar-refractivity contribution is 5.92. The molecule has 1 rings (SSSR count). The molecule has 0 bridgehead atoms. The number of nitrogens with one attached hydrogen (secondary N) is 1. The molecule has 0 aliphatic heterocycles. The summed E-state index contributed by atoms with van der Waals surface area (Å²) in [6.07, 6.45) is 0.666. The molecule has 102 valence electrons. The predicted octanol–water partition coefficient (Wildman–Crippen LogP) is 1.35. The van der Waals surface area contributed by atoms with E-state index in [4.69, 9.17) is 5.11 Å². The molecule has 0 aliphatic carbocycles. The first-order chi connectivity index (χ1) is 8.39. The third kappa shape index (κ3) is 3.84. The van der Waals surface area contributed by atoms with Crippen molar-refractivity contribution < 1.29 is 9.90 Å². The SMILES string of the molecule is CCn1nc(C)cc1C(=O)NCC(C)(C)CCO. The van der Waals surface area contributed by atoms with Gasteiger partial charge in [0.05, 0.1) is 5.69 Å². The molecule has 0 unspecified atom stereocenters. The summed E-state index contributed by atoms with van der Waals surface area (Å²) in [4.78, 5) is 12.1. The highest BCUT2D eigenvalue weighted by Crippen LogP contribution is 2.18. The zero-order chi connectivity index (χ0) is 13.8. The Labute approximate surface area is 108 Å². The monoisotopic (exact) mass is 253 g/mol. The second-order valence-electron chi connectivity index (χ2n) is 5.31. The van der Waals surface area contributed by atoms with E-state index in [9.17, 15) is 4.79 Å². The van der Waals surface area contributed by atoms with Gasteiger partial charge in [-0.05, 0) is 31.7 Å². The number of hydrogen-bond acceptors (Lipinski definition) is 3. The summed E-state index contributed by atoms with van der Waals surface area (Å²) in [7, 11) is 0. The number of aryl methyl sites for hydroxylation is 2. The van der Waals surface area contributed by atoms with Crippen molar-refractivity contribution in [1.29, 1.82) is 0 Å². The highest BCUT2D eigenvalue weighted by Gasteiger charge is 2.20. The fourth-order valence-corrected chi connectivity index (χ4v) is 1.77. The van der Waals surface area contributed by atoms with Crippen LogP contribution >= 0.6 is 0 Å². The molecule has 1 amide bonds. The minimum atomic E-state index is -0.108. The van der Waals surface area contributed by atoms with Gasteiger partial charge in [-0.2, -0.15) is 5.10 Å². The zero-order valence-corrected chi connectivity index (χ0v) is 11.7. The van der Waals surface area contributed by atoms with Crippen molar-refractivity contribution in [3.63, 3.8) is 0 Å². The second kappa shape index (κ2) is 6.00. The van der Waals surface area contributed by atoms with Crippen molar-refractivity contribution in [3.8, 4) is 0 Å². The van der Waals surface area contributed by atoms with Crippen molar-refractivity contribution in [3.05, 3.63) is 17.5 Å². The standard InChI is InChI=1S/C13H23N3O2/c1-5-16-11(8-10(2)15-16)12(18)14-9-13(3,4)6-7-17/h8,17H,5-7,9H2,1-4H3,(H,14,18). The average molecular weight is 253 g/mol. The first kappa shape index (κ1) is 14.7. The molecule has 2 N–H and O–H groups in total. The van der Waals surface area contributed by atoms with Gasteiger partial charge in [0.15, 0.2) is 0 Å². The van der Waals surface area contributed by atoms with Gasteiger partial charge in [0, 0.05) is 19.7 Å². The van der Waals surface area contributed by atoms with Crippen LogP contribution in [0.4, 0.5) is 0 Å². The summed E-state index contributed by atoms with van der Waals surface area (Å²) in [5, 5.41) is 16.1. The Morgan fingerprint density at radius 2 is 2.22 bits per heavy atom. The lowest BCUT2D eigenvalue weighted by molar-refractivity contribution is 0.0917. The summed E-state index contributed by atoms with van der Waals surface area (Å²) < 4.78 is 1.70. The molecule has 18 heavy (non-hydrogen) atoms. The minimum absolute atomic E-state index is 0.101. The van der Waals surface area contributed by atoms with Crippen molar-refractivity contribution in [2.24, 2.45) is 5.41 Å². The van der Waals surface area contributed by atoms with E-state index in [1.54, 1.807) is 10.7 Å². The largest absolute Gasteiger partial charge is 0.396 e. The molecule has 5 heteroatoms. The lowest BCUT2D eigenvalue weighted by Gasteiger charge is -2.23. The molecule has 1 aromatic heterocycles. The van der Waals surface area contributed by atoms with E-state index in [2.05, 4.69) is 10.4 Å². The number of aliphatic hydroxyl groups is 1. The van der Waals surface area contributed by atoms with E-state index in [0.717, 1.165) is 5.69 Å². The van der Waals surface area contributed by atoms with Gasteiger partial charge in [0.1, 0.15) is 5.69 Å². The summed E-state index contributed by atoms with van der Waals surface area (Å²) in [6.45, 7) is 9.22. The number of carbonyl (C=O) groups excluding carboxylic acids is 1. The van der Waals surface area contributed by atoms with Crippen LogP contribution in [0.3, 0.4) is 0 Å². The van der Waals surface area contributed by atoms with Gasteiger partial charge in [-0.1, -0.05) is 13.8 Å². The van der Waals surface area contributed by atoms with Crippen LogP contribution in [0.25, 0.3) is 0 Å². The maximum absolute atomic E-state index is 12.1. The van der Waals surface area contributed by atoms with E-state index in [0.29, 0.717) is 25.2 Å². The molecule has 0 saturated heterocycles. The smallest absolute Gasteiger partial charge is 0.269 e. The van der Waals surface area contributed by atoms with Crippen LogP contribution in [0.5, 0.6) is 0 Å². The molecular weight excluding hydrogens is 230 g/mol. The number of rotatable bonds is 6. The normalized spacial score (nSPS) is 11.6. The highest BCUT2D eigenvalue weighted by atomic mass is 16.3. The lowest BCUT2D eigenvalue weighted by atomic mass is 9.90. The molecular formula is C13H23N3O2. The van der Waals surface area contributed by atoms with Gasteiger partial charge in [-0.25, -0.2) is 0 Å². The maximum atomic E-state index is 12.1. The number of nitrogens with zero attached hydrogens (tertiary/aromatic N) is 2. The number of aromatic nitrogens is 2. The molecule has 0 atom stereocenters. The van der Waals surface area contributed by atoms with E-state index in [-0.39, 0.29) is 17.9 Å². The van der Waals surface area contributed by atoms with E-state index in [1.165, 1.54) is 0 Å². The molecule has 0 aliphatic rings. The van der Waals surface area contributed by atoms with Gasteiger partial charge in [0.2, 0.25) is 0 Å². The van der Waals surface area contributed by atoms with Crippen LogP contribution in [0, 0.1) is 12.3 Å². The second-order valence-corrected chi connectivity index (χ2v) is 5.31. The first-order valence-electron chi connectivity index (χ1n) is 6.33. The van der Waals surface area contributed by atoms with Gasteiger partial charge >= 0.3 is 0 Å². The summed E-state index contributed by atoms with van der Waals surface area (Å²) >= 11 is 0. The minimum Gasteiger partial charge on any atom is -0.396 e. The number of hydrogen-bond donors (Lipinski definition) is 2. The zero-order valence-electron chi connectivity index (χ0n) is 11.7.